The molecule has 3 aromatic rings. The van der Waals surface area contributed by atoms with Gasteiger partial charge in [0.05, 0.1) is 30.4 Å². The van der Waals surface area contributed by atoms with Gasteiger partial charge in [-0.15, -0.1) is 0 Å². The van der Waals surface area contributed by atoms with Crippen LogP contribution in [0.5, 0.6) is 11.5 Å². The number of aromatic nitrogens is 1. The lowest BCUT2D eigenvalue weighted by Crippen LogP contribution is -2.26. The Bertz CT molecular complexity index is 1080. The number of hydrogen-bond acceptors (Lipinski definition) is 4. The number of methoxy groups -OCH3 is 2. The Morgan fingerprint density at radius 2 is 1.93 bits per heavy atom. The number of anilines is 1. The highest BCUT2D eigenvalue weighted by molar-refractivity contribution is 6.36. The van der Waals surface area contributed by atoms with Crippen LogP contribution in [-0.2, 0) is 12.8 Å². The van der Waals surface area contributed by atoms with Crippen molar-refractivity contribution >= 4 is 34.1 Å². The van der Waals surface area contributed by atoms with Crippen LogP contribution < -0.4 is 14.4 Å². The summed E-state index contributed by atoms with van der Waals surface area (Å²) in [6, 6.07) is 10.9. The topological polar surface area (TPSA) is 51.7 Å². The van der Waals surface area contributed by atoms with E-state index in [1.54, 1.807) is 50.4 Å². The van der Waals surface area contributed by atoms with E-state index in [2.05, 4.69) is 0 Å². The highest BCUT2D eigenvalue weighted by Crippen LogP contribution is 2.35. The lowest BCUT2D eigenvalue weighted by Gasteiger charge is -2.21. The second kappa shape index (κ2) is 7.32. The van der Waals surface area contributed by atoms with Gasteiger partial charge in [0.1, 0.15) is 11.5 Å². The fourth-order valence-electron chi connectivity index (χ4n) is 3.70. The Kier molecular flexibility index (Phi) is 4.85. The van der Waals surface area contributed by atoms with Gasteiger partial charge in [0.25, 0.3) is 5.91 Å². The van der Waals surface area contributed by atoms with Gasteiger partial charge >= 0.3 is 0 Å². The lowest BCUT2D eigenvalue weighted by atomic mass is 10.1. The third-order valence-electron chi connectivity index (χ3n) is 5.24. The molecule has 0 saturated heterocycles. The maximum absolute atomic E-state index is 13.1. The minimum atomic E-state index is -0.149. The molecule has 4 rings (SSSR count). The smallest absolute Gasteiger partial charge is 0.258 e. The average Bonchev–Trinajstić information content (AvgIpc) is 3.20. The van der Waals surface area contributed by atoms with E-state index in [-0.39, 0.29) is 5.91 Å². The van der Waals surface area contributed by atoms with Crippen LogP contribution in [-0.4, -0.2) is 32.2 Å². The third-order valence-corrected chi connectivity index (χ3v) is 5.67. The summed E-state index contributed by atoms with van der Waals surface area (Å²) < 4.78 is 10.7. The van der Waals surface area contributed by atoms with E-state index >= 15 is 0 Å². The summed E-state index contributed by atoms with van der Waals surface area (Å²) >= 11 is 6.58. The number of hydrogen-bond donors (Lipinski definition) is 0. The second-order valence-electron chi connectivity index (χ2n) is 6.84. The van der Waals surface area contributed by atoms with Crippen molar-refractivity contribution in [1.29, 1.82) is 0 Å². The number of benzene rings is 2. The number of pyridine rings is 1. The van der Waals surface area contributed by atoms with Crippen molar-refractivity contribution in [1.82, 2.24) is 4.98 Å². The maximum Gasteiger partial charge on any atom is 0.258 e. The molecule has 0 atom stereocenters. The van der Waals surface area contributed by atoms with Crippen LogP contribution >= 0.6 is 11.6 Å². The number of halogens is 1. The molecule has 1 amide bonds. The zero-order valence-corrected chi connectivity index (χ0v) is 16.8. The molecule has 28 heavy (non-hydrogen) atoms. The van der Waals surface area contributed by atoms with Crippen LogP contribution in [0.25, 0.3) is 10.9 Å². The lowest BCUT2D eigenvalue weighted by molar-refractivity contribution is 0.0992. The molecule has 5 nitrogen and oxygen atoms in total. The molecular weight excluding hydrogens is 376 g/mol. The van der Waals surface area contributed by atoms with E-state index in [9.17, 15) is 4.79 Å². The van der Waals surface area contributed by atoms with Crippen LogP contribution in [0.1, 0.15) is 28.0 Å². The van der Waals surface area contributed by atoms with Crippen molar-refractivity contribution in [3.8, 4) is 11.5 Å². The first-order chi connectivity index (χ1) is 13.5. The van der Waals surface area contributed by atoms with E-state index in [1.807, 2.05) is 12.1 Å². The Morgan fingerprint density at radius 1 is 1.11 bits per heavy atom. The monoisotopic (exact) mass is 396 g/mol. The second-order valence-corrected chi connectivity index (χ2v) is 7.22. The van der Waals surface area contributed by atoms with Crippen molar-refractivity contribution in [2.45, 2.75) is 19.3 Å². The molecule has 0 aliphatic heterocycles. The van der Waals surface area contributed by atoms with E-state index in [1.165, 1.54) is 0 Å². The van der Waals surface area contributed by atoms with Gasteiger partial charge in [0.2, 0.25) is 0 Å². The van der Waals surface area contributed by atoms with E-state index in [4.69, 9.17) is 26.1 Å². The summed E-state index contributed by atoms with van der Waals surface area (Å²) in [6.45, 7) is 0. The van der Waals surface area contributed by atoms with Gasteiger partial charge < -0.3 is 14.4 Å². The molecule has 2 aromatic carbocycles. The molecule has 0 radical (unpaired) electrons. The molecule has 0 saturated carbocycles. The van der Waals surface area contributed by atoms with Crippen molar-refractivity contribution in [2.24, 2.45) is 0 Å². The van der Waals surface area contributed by atoms with Gasteiger partial charge in [-0.2, -0.15) is 0 Å². The minimum Gasteiger partial charge on any atom is -0.497 e. The normalized spacial score (nSPS) is 12.7. The molecule has 0 spiro atoms. The minimum absolute atomic E-state index is 0.149. The molecule has 0 fully saturated rings. The quantitative estimate of drug-likeness (QED) is 0.643. The standard InChI is InChI=1S/C22H21ClN2O3/c1-25(19-10-8-14(27-2)12-20(19)28-3)22(26)13-7-9-16-18(11-13)24-17-6-4-5-15(17)21(16)23/h7-12H,4-6H2,1-3H3. The van der Waals surface area contributed by atoms with Crippen LogP contribution in [0.4, 0.5) is 5.69 Å². The number of nitrogens with zero attached hydrogens (tertiary/aromatic N) is 2. The van der Waals surface area contributed by atoms with Gasteiger partial charge in [-0.3, -0.25) is 9.78 Å². The number of carbonyl (C=O) groups excluding carboxylic acids is 1. The first-order valence-corrected chi connectivity index (χ1v) is 9.52. The zero-order chi connectivity index (χ0) is 19.8. The van der Waals surface area contributed by atoms with Gasteiger partial charge in [-0.25, -0.2) is 0 Å². The predicted molar refractivity (Wildman–Crippen MR) is 111 cm³/mol. The first kappa shape index (κ1) is 18.6. The van der Waals surface area contributed by atoms with Crippen molar-refractivity contribution < 1.29 is 14.3 Å². The highest BCUT2D eigenvalue weighted by atomic mass is 35.5. The largest absolute Gasteiger partial charge is 0.497 e. The van der Waals surface area contributed by atoms with Crippen LogP contribution in [0, 0.1) is 0 Å². The number of aryl methyl sites for hydroxylation is 1. The number of fused-ring (bicyclic) bond motifs is 2. The average molecular weight is 397 g/mol. The Morgan fingerprint density at radius 3 is 2.68 bits per heavy atom. The van der Waals surface area contributed by atoms with Crippen LogP contribution in [0.3, 0.4) is 0 Å². The zero-order valence-electron chi connectivity index (χ0n) is 16.1. The Labute approximate surface area is 168 Å². The van der Waals surface area contributed by atoms with Gasteiger partial charge in [-0.05, 0) is 49.1 Å². The summed E-state index contributed by atoms with van der Waals surface area (Å²) in [5.41, 5.74) is 4.16. The van der Waals surface area contributed by atoms with Crippen molar-refractivity contribution in [3.05, 3.63) is 58.2 Å². The number of amides is 1. The summed E-state index contributed by atoms with van der Waals surface area (Å²) in [7, 11) is 4.88. The van der Waals surface area contributed by atoms with Crippen molar-refractivity contribution in [3.63, 3.8) is 0 Å². The van der Waals surface area contributed by atoms with E-state index < -0.39 is 0 Å². The molecule has 1 heterocycles. The number of rotatable bonds is 4. The van der Waals surface area contributed by atoms with Gasteiger partial charge in [0.15, 0.2) is 0 Å². The molecule has 1 aliphatic rings. The first-order valence-electron chi connectivity index (χ1n) is 9.14. The molecular formula is C22H21ClN2O3. The highest BCUT2D eigenvalue weighted by Gasteiger charge is 2.21. The third kappa shape index (κ3) is 3.06. The Hall–Kier alpha value is -2.79. The molecule has 1 aromatic heterocycles. The molecule has 144 valence electrons. The van der Waals surface area contributed by atoms with Crippen molar-refractivity contribution in [2.75, 3.05) is 26.2 Å². The van der Waals surface area contributed by atoms with E-state index in [0.717, 1.165) is 46.4 Å². The summed E-state index contributed by atoms with van der Waals surface area (Å²) in [6.07, 6.45) is 2.98. The maximum atomic E-state index is 13.1. The molecule has 6 heteroatoms. The predicted octanol–water partition coefficient (Wildman–Crippen LogP) is 4.67. The summed E-state index contributed by atoms with van der Waals surface area (Å²) in [4.78, 5) is 19.4. The van der Waals surface area contributed by atoms with Gasteiger partial charge in [0, 0.05) is 29.8 Å². The Balaban J connectivity index is 1.72. The van der Waals surface area contributed by atoms with Crippen LogP contribution in [0.15, 0.2) is 36.4 Å². The van der Waals surface area contributed by atoms with Crippen LogP contribution in [0.2, 0.25) is 5.02 Å². The van der Waals surface area contributed by atoms with Gasteiger partial charge in [-0.1, -0.05) is 17.7 Å². The molecule has 1 aliphatic carbocycles. The summed E-state index contributed by atoms with van der Waals surface area (Å²) in [5, 5.41) is 1.66. The summed E-state index contributed by atoms with van der Waals surface area (Å²) in [5.74, 6) is 1.08. The number of ether oxygens (including phenoxy) is 2. The fourth-order valence-corrected chi connectivity index (χ4v) is 4.07. The molecule has 0 N–H and O–H groups in total. The SMILES string of the molecule is COc1ccc(N(C)C(=O)c2ccc3c(Cl)c4c(nc3c2)CCC4)c(OC)c1. The molecule has 0 unspecified atom stereocenters. The molecule has 0 bridgehead atoms. The number of carbonyl (C=O) groups is 1. The fraction of sp³-hybridized carbons (Fsp3) is 0.273. The van der Waals surface area contributed by atoms with E-state index in [0.29, 0.717) is 22.7 Å².